The van der Waals surface area contributed by atoms with E-state index >= 15 is 0 Å². The van der Waals surface area contributed by atoms with E-state index in [0.29, 0.717) is 6.54 Å². The Morgan fingerprint density at radius 2 is 2.25 bits per heavy atom. The Morgan fingerprint density at radius 3 is 2.75 bits per heavy atom. The van der Waals surface area contributed by atoms with Crippen LogP contribution in [0.3, 0.4) is 0 Å². The van der Waals surface area contributed by atoms with Gasteiger partial charge in [0.15, 0.2) is 0 Å². The molecule has 3 heteroatoms. The summed E-state index contributed by atoms with van der Waals surface area (Å²) in [6, 6.07) is 0. The number of nitrogens with two attached hydrogens (primary N) is 1. The minimum atomic E-state index is -0.0121. The van der Waals surface area contributed by atoms with Gasteiger partial charge in [0.25, 0.3) is 0 Å². The van der Waals surface area contributed by atoms with Gasteiger partial charge in [0.05, 0.1) is 5.54 Å². The van der Waals surface area contributed by atoms with Crippen LogP contribution in [0.25, 0.3) is 0 Å². The molecule has 1 aromatic rings. The smallest absolute Gasteiger partial charge is 0.108 e. The number of aryl methyl sites for hydroxylation is 1. The predicted octanol–water partition coefficient (Wildman–Crippen LogP) is 1.14. The number of nitrogens with zero attached hydrogens (tertiary/aromatic N) is 2. The Morgan fingerprint density at radius 1 is 1.58 bits per heavy atom. The summed E-state index contributed by atoms with van der Waals surface area (Å²) in [7, 11) is 0. The minimum absolute atomic E-state index is 0.0121. The Kier molecular flexibility index (Phi) is 2.52. The van der Waals surface area contributed by atoms with Gasteiger partial charge in [-0.1, -0.05) is 6.92 Å². The zero-order valence-corrected chi connectivity index (χ0v) is 8.04. The third-order valence-corrected chi connectivity index (χ3v) is 2.19. The van der Waals surface area contributed by atoms with Gasteiger partial charge in [-0.2, -0.15) is 0 Å². The van der Waals surface area contributed by atoms with Gasteiger partial charge in [0, 0.05) is 25.4 Å². The number of hydrogen-bond donors (Lipinski definition) is 1. The van der Waals surface area contributed by atoms with Crippen LogP contribution in [0.5, 0.6) is 0 Å². The SMILES string of the molecule is CCc1nccn1C(C)(C)CN. The minimum Gasteiger partial charge on any atom is -0.328 e. The summed E-state index contributed by atoms with van der Waals surface area (Å²) in [6.07, 6.45) is 4.78. The Bertz CT molecular complexity index is 250. The van der Waals surface area contributed by atoms with Gasteiger partial charge in [-0.25, -0.2) is 4.98 Å². The molecule has 1 aromatic heterocycles. The molecule has 0 saturated carbocycles. The number of hydrogen-bond acceptors (Lipinski definition) is 2. The number of rotatable bonds is 3. The molecular formula is C9H17N3. The van der Waals surface area contributed by atoms with Gasteiger partial charge in [-0.3, -0.25) is 0 Å². The molecule has 1 heterocycles. The van der Waals surface area contributed by atoms with Crippen LogP contribution in [0, 0.1) is 0 Å². The van der Waals surface area contributed by atoms with Crippen LogP contribution in [0.4, 0.5) is 0 Å². The van der Waals surface area contributed by atoms with E-state index in [9.17, 15) is 0 Å². The highest BCUT2D eigenvalue weighted by molar-refractivity contribution is 4.98. The quantitative estimate of drug-likeness (QED) is 0.733. The second kappa shape index (κ2) is 3.27. The molecule has 2 N–H and O–H groups in total. The number of imidazole rings is 1. The molecule has 0 spiro atoms. The van der Waals surface area contributed by atoms with Gasteiger partial charge in [-0.15, -0.1) is 0 Å². The molecule has 0 aliphatic carbocycles. The van der Waals surface area contributed by atoms with Crippen LogP contribution in [0.2, 0.25) is 0 Å². The van der Waals surface area contributed by atoms with E-state index < -0.39 is 0 Å². The highest BCUT2D eigenvalue weighted by Crippen LogP contribution is 2.15. The first-order chi connectivity index (χ1) is 5.61. The maximum absolute atomic E-state index is 5.67. The van der Waals surface area contributed by atoms with Crippen LogP contribution in [0.1, 0.15) is 26.6 Å². The van der Waals surface area contributed by atoms with E-state index in [1.54, 1.807) is 0 Å². The summed E-state index contributed by atoms with van der Waals surface area (Å²) in [4.78, 5) is 4.26. The van der Waals surface area contributed by atoms with Crippen LogP contribution in [-0.4, -0.2) is 16.1 Å². The molecule has 12 heavy (non-hydrogen) atoms. The Labute approximate surface area is 73.6 Å². The van der Waals surface area contributed by atoms with Crippen LogP contribution in [-0.2, 0) is 12.0 Å². The highest BCUT2D eigenvalue weighted by atomic mass is 15.1. The zero-order chi connectivity index (χ0) is 9.19. The normalized spacial score (nSPS) is 12.0. The first kappa shape index (κ1) is 9.26. The predicted molar refractivity (Wildman–Crippen MR) is 50.0 cm³/mol. The summed E-state index contributed by atoms with van der Waals surface area (Å²) in [5.41, 5.74) is 5.66. The van der Waals surface area contributed by atoms with Crippen molar-refractivity contribution >= 4 is 0 Å². The molecule has 0 atom stereocenters. The molecule has 3 nitrogen and oxygen atoms in total. The summed E-state index contributed by atoms with van der Waals surface area (Å²) < 4.78 is 2.15. The topological polar surface area (TPSA) is 43.8 Å². The molecule has 0 aliphatic rings. The second-order valence-corrected chi connectivity index (χ2v) is 3.58. The first-order valence-corrected chi connectivity index (χ1v) is 4.34. The van der Waals surface area contributed by atoms with Crippen molar-refractivity contribution in [1.82, 2.24) is 9.55 Å². The van der Waals surface area contributed by atoms with Gasteiger partial charge in [0.2, 0.25) is 0 Å². The largest absolute Gasteiger partial charge is 0.328 e. The van der Waals surface area contributed by atoms with Crippen LogP contribution < -0.4 is 5.73 Å². The summed E-state index contributed by atoms with van der Waals surface area (Å²) in [6.45, 7) is 6.98. The third kappa shape index (κ3) is 1.50. The molecule has 0 aliphatic heterocycles. The zero-order valence-electron chi connectivity index (χ0n) is 8.04. The molecule has 0 aromatic carbocycles. The van der Waals surface area contributed by atoms with E-state index in [0.717, 1.165) is 12.2 Å². The van der Waals surface area contributed by atoms with Gasteiger partial charge < -0.3 is 10.3 Å². The van der Waals surface area contributed by atoms with E-state index in [4.69, 9.17) is 5.73 Å². The maximum Gasteiger partial charge on any atom is 0.108 e. The number of aromatic nitrogens is 2. The molecule has 1 rings (SSSR count). The Balaban J connectivity index is 3.00. The molecule has 0 radical (unpaired) electrons. The van der Waals surface area contributed by atoms with Crippen molar-refractivity contribution in [1.29, 1.82) is 0 Å². The monoisotopic (exact) mass is 167 g/mol. The molecule has 0 amide bonds. The van der Waals surface area contributed by atoms with E-state index in [1.165, 1.54) is 0 Å². The van der Waals surface area contributed by atoms with Crippen molar-refractivity contribution in [3.8, 4) is 0 Å². The standard InChI is InChI=1S/C9H17N3/c1-4-8-11-5-6-12(8)9(2,3)7-10/h5-6H,4,7,10H2,1-3H3. The van der Waals surface area contributed by atoms with Crippen molar-refractivity contribution in [2.24, 2.45) is 5.73 Å². The lowest BCUT2D eigenvalue weighted by Crippen LogP contribution is -2.35. The first-order valence-electron chi connectivity index (χ1n) is 4.34. The van der Waals surface area contributed by atoms with Crippen molar-refractivity contribution in [3.05, 3.63) is 18.2 Å². The lowest BCUT2D eigenvalue weighted by Gasteiger charge is -2.26. The fourth-order valence-electron chi connectivity index (χ4n) is 1.25. The van der Waals surface area contributed by atoms with E-state index in [-0.39, 0.29) is 5.54 Å². The van der Waals surface area contributed by atoms with E-state index in [1.807, 2.05) is 12.4 Å². The van der Waals surface area contributed by atoms with Gasteiger partial charge >= 0.3 is 0 Å². The van der Waals surface area contributed by atoms with Crippen LogP contribution in [0.15, 0.2) is 12.4 Å². The molecule has 0 fully saturated rings. The van der Waals surface area contributed by atoms with Crippen LogP contribution >= 0.6 is 0 Å². The second-order valence-electron chi connectivity index (χ2n) is 3.58. The summed E-state index contributed by atoms with van der Waals surface area (Å²) in [5, 5.41) is 0. The lowest BCUT2D eigenvalue weighted by molar-refractivity contribution is 0.355. The molecule has 68 valence electrons. The molecular weight excluding hydrogens is 150 g/mol. The van der Waals surface area contributed by atoms with Gasteiger partial charge in [0.1, 0.15) is 5.82 Å². The van der Waals surface area contributed by atoms with Crippen molar-refractivity contribution in [3.63, 3.8) is 0 Å². The summed E-state index contributed by atoms with van der Waals surface area (Å²) >= 11 is 0. The van der Waals surface area contributed by atoms with Crippen molar-refractivity contribution in [2.75, 3.05) is 6.54 Å². The van der Waals surface area contributed by atoms with Crippen molar-refractivity contribution in [2.45, 2.75) is 32.7 Å². The maximum atomic E-state index is 5.67. The fraction of sp³-hybridized carbons (Fsp3) is 0.667. The average molecular weight is 167 g/mol. The summed E-state index contributed by atoms with van der Waals surface area (Å²) in [5.74, 6) is 1.10. The Hall–Kier alpha value is -0.830. The van der Waals surface area contributed by atoms with Crippen molar-refractivity contribution < 1.29 is 0 Å². The highest BCUT2D eigenvalue weighted by Gasteiger charge is 2.19. The van der Waals surface area contributed by atoms with E-state index in [2.05, 4.69) is 30.3 Å². The van der Waals surface area contributed by atoms with Gasteiger partial charge in [-0.05, 0) is 13.8 Å². The lowest BCUT2D eigenvalue weighted by atomic mass is 10.1. The molecule has 0 saturated heterocycles. The molecule has 0 unspecified atom stereocenters. The fourth-order valence-corrected chi connectivity index (χ4v) is 1.25. The average Bonchev–Trinajstić information content (AvgIpc) is 2.52. The third-order valence-electron chi connectivity index (χ3n) is 2.19. The molecule has 0 bridgehead atoms.